The maximum Gasteiger partial charge on any atom is 0.122 e. The largest absolute Gasteiger partial charge is 0.364 e. The molecule has 0 aliphatic heterocycles. The van der Waals surface area contributed by atoms with Gasteiger partial charge in [0.2, 0.25) is 0 Å². The van der Waals surface area contributed by atoms with Gasteiger partial charge in [-0.05, 0) is 30.0 Å². The Bertz CT molecular complexity index is 448. The van der Waals surface area contributed by atoms with Crippen LogP contribution in [-0.4, -0.2) is 18.2 Å². The van der Waals surface area contributed by atoms with Crippen molar-refractivity contribution in [1.82, 2.24) is 4.57 Å². The zero-order valence-corrected chi connectivity index (χ0v) is 8.94. The lowest BCUT2D eigenvalue weighted by Crippen LogP contribution is -2.05. The van der Waals surface area contributed by atoms with Crippen LogP contribution in [0.3, 0.4) is 0 Å². The Balaban J connectivity index is 2.53. The van der Waals surface area contributed by atoms with E-state index in [4.69, 9.17) is 10.5 Å². The number of para-hydroxylation sites is 1. The van der Waals surface area contributed by atoms with E-state index in [1.165, 1.54) is 16.5 Å². The van der Waals surface area contributed by atoms with E-state index in [1.54, 1.807) is 7.11 Å². The van der Waals surface area contributed by atoms with Crippen molar-refractivity contribution < 1.29 is 4.74 Å². The van der Waals surface area contributed by atoms with E-state index in [0.29, 0.717) is 13.3 Å². The summed E-state index contributed by atoms with van der Waals surface area (Å²) in [6, 6.07) is 8.42. The predicted octanol–water partition coefficient (Wildman–Crippen LogP) is 1.75. The average Bonchev–Trinajstić information content (AvgIpc) is 2.64. The van der Waals surface area contributed by atoms with Gasteiger partial charge in [-0.15, -0.1) is 0 Å². The smallest absolute Gasteiger partial charge is 0.122 e. The molecule has 0 aliphatic rings. The molecule has 0 amide bonds. The zero-order chi connectivity index (χ0) is 10.7. The Morgan fingerprint density at radius 2 is 2.20 bits per heavy atom. The zero-order valence-electron chi connectivity index (χ0n) is 8.94. The molecular formula is C12H16N2O. The first kappa shape index (κ1) is 10.2. The Labute approximate surface area is 89.4 Å². The minimum absolute atomic E-state index is 0.588. The summed E-state index contributed by atoms with van der Waals surface area (Å²) in [5.74, 6) is 0. The van der Waals surface area contributed by atoms with Crippen LogP contribution in [0.4, 0.5) is 0 Å². The van der Waals surface area contributed by atoms with Gasteiger partial charge < -0.3 is 15.0 Å². The molecule has 0 saturated heterocycles. The lowest BCUT2D eigenvalue weighted by molar-refractivity contribution is 0.135. The van der Waals surface area contributed by atoms with Gasteiger partial charge in [0.1, 0.15) is 6.73 Å². The minimum Gasteiger partial charge on any atom is -0.364 e. The van der Waals surface area contributed by atoms with Gasteiger partial charge in [-0.2, -0.15) is 0 Å². The summed E-state index contributed by atoms with van der Waals surface area (Å²) in [6.07, 6.45) is 2.96. The van der Waals surface area contributed by atoms with Crippen LogP contribution in [0.1, 0.15) is 5.56 Å². The maximum absolute atomic E-state index is 5.60. The van der Waals surface area contributed by atoms with Crippen molar-refractivity contribution in [2.75, 3.05) is 13.7 Å². The topological polar surface area (TPSA) is 40.2 Å². The number of aromatic nitrogens is 1. The van der Waals surface area contributed by atoms with Gasteiger partial charge >= 0.3 is 0 Å². The highest BCUT2D eigenvalue weighted by Gasteiger charge is 2.05. The van der Waals surface area contributed by atoms with E-state index in [-0.39, 0.29) is 0 Å². The van der Waals surface area contributed by atoms with Crippen molar-refractivity contribution in [3.63, 3.8) is 0 Å². The second-order valence-corrected chi connectivity index (χ2v) is 3.60. The Morgan fingerprint density at radius 1 is 1.33 bits per heavy atom. The fourth-order valence-corrected chi connectivity index (χ4v) is 1.94. The number of methoxy groups -OCH3 is 1. The lowest BCUT2D eigenvalue weighted by atomic mass is 10.1. The fourth-order valence-electron chi connectivity index (χ4n) is 1.94. The number of nitrogens with zero attached hydrogens (tertiary/aromatic N) is 1. The summed E-state index contributed by atoms with van der Waals surface area (Å²) in [5.41, 5.74) is 8.13. The van der Waals surface area contributed by atoms with Crippen molar-refractivity contribution in [3.8, 4) is 0 Å². The van der Waals surface area contributed by atoms with E-state index in [9.17, 15) is 0 Å². The molecule has 3 nitrogen and oxygen atoms in total. The van der Waals surface area contributed by atoms with Crippen LogP contribution < -0.4 is 5.73 Å². The number of hydrogen-bond donors (Lipinski definition) is 1. The molecule has 0 atom stereocenters. The van der Waals surface area contributed by atoms with Crippen molar-refractivity contribution in [1.29, 1.82) is 0 Å². The SMILES string of the molecule is COCn1ccc2cccc(CCN)c21. The second-order valence-electron chi connectivity index (χ2n) is 3.60. The highest BCUT2D eigenvalue weighted by atomic mass is 16.5. The number of rotatable bonds is 4. The molecule has 0 unspecified atom stereocenters. The molecule has 2 aromatic rings. The molecule has 2 N–H and O–H groups in total. The van der Waals surface area contributed by atoms with Gasteiger partial charge in [0.25, 0.3) is 0 Å². The van der Waals surface area contributed by atoms with Gasteiger partial charge in [-0.25, -0.2) is 0 Å². The summed E-state index contributed by atoms with van der Waals surface area (Å²) in [4.78, 5) is 0. The average molecular weight is 204 g/mol. The van der Waals surface area contributed by atoms with Gasteiger partial charge in [-0.3, -0.25) is 0 Å². The quantitative estimate of drug-likeness (QED) is 0.824. The van der Waals surface area contributed by atoms with E-state index < -0.39 is 0 Å². The third kappa shape index (κ3) is 1.89. The van der Waals surface area contributed by atoms with Gasteiger partial charge in [-0.1, -0.05) is 18.2 Å². The van der Waals surface area contributed by atoms with E-state index in [0.717, 1.165) is 6.42 Å². The third-order valence-electron chi connectivity index (χ3n) is 2.55. The monoisotopic (exact) mass is 204 g/mol. The molecule has 0 radical (unpaired) electrons. The number of hydrogen-bond acceptors (Lipinski definition) is 2. The van der Waals surface area contributed by atoms with Crippen molar-refractivity contribution >= 4 is 10.9 Å². The molecule has 0 saturated carbocycles. The molecule has 1 aromatic heterocycles. The number of benzene rings is 1. The lowest BCUT2D eigenvalue weighted by Gasteiger charge is -2.08. The molecule has 0 aliphatic carbocycles. The molecule has 80 valence electrons. The van der Waals surface area contributed by atoms with Crippen LogP contribution in [0.5, 0.6) is 0 Å². The van der Waals surface area contributed by atoms with Crippen LogP contribution in [0.25, 0.3) is 10.9 Å². The van der Waals surface area contributed by atoms with Crippen LogP contribution in [0, 0.1) is 0 Å². The summed E-state index contributed by atoms with van der Waals surface area (Å²) < 4.78 is 7.27. The Kier molecular flexibility index (Phi) is 3.04. The molecule has 0 fully saturated rings. The number of fused-ring (bicyclic) bond motifs is 1. The van der Waals surface area contributed by atoms with E-state index in [2.05, 4.69) is 28.8 Å². The standard InChI is InChI=1S/C12H16N2O/c1-15-9-14-8-6-11-4-2-3-10(5-7-13)12(11)14/h2-4,6,8H,5,7,9,13H2,1H3. The van der Waals surface area contributed by atoms with Crippen LogP contribution in [0.2, 0.25) is 0 Å². The van der Waals surface area contributed by atoms with Gasteiger partial charge in [0.15, 0.2) is 0 Å². The highest BCUT2D eigenvalue weighted by molar-refractivity contribution is 5.83. The molecule has 3 heteroatoms. The van der Waals surface area contributed by atoms with Crippen LogP contribution >= 0.6 is 0 Å². The third-order valence-corrected chi connectivity index (χ3v) is 2.55. The molecular weight excluding hydrogens is 188 g/mol. The minimum atomic E-state index is 0.588. The second kappa shape index (κ2) is 4.47. The first-order valence-electron chi connectivity index (χ1n) is 5.12. The molecule has 1 aromatic carbocycles. The van der Waals surface area contributed by atoms with Crippen LogP contribution in [0.15, 0.2) is 30.5 Å². The van der Waals surface area contributed by atoms with Gasteiger partial charge in [0, 0.05) is 13.3 Å². The number of ether oxygens (including phenoxy) is 1. The maximum atomic E-state index is 5.60. The van der Waals surface area contributed by atoms with Crippen molar-refractivity contribution in [2.45, 2.75) is 13.2 Å². The first-order chi connectivity index (χ1) is 7.36. The van der Waals surface area contributed by atoms with E-state index >= 15 is 0 Å². The summed E-state index contributed by atoms with van der Waals surface area (Å²) in [6.45, 7) is 1.27. The summed E-state index contributed by atoms with van der Waals surface area (Å²) >= 11 is 0. The molecule has 2 rings (SSSR count). The Hall–Kier alpha value is -1.32. The molecule has 1 heterocycles. The van der Waals surface area contributed by atoms with E-state index in [1.807, 2.05) is 6.20 Å². The number of nitrogens with two attached hydrogens (primary N) is 1. The Morgan fingerprint density at radius 3 is 2.93 bits per heavy atom. The molecule has 0 bridgehead atoms. The summed E-state index contributed by atoms with van der Waals surface area (Å²) in [5, 5.41) is 1.25. The van der Waals surface area contributed by atoms with Gasteiger partial charge in [0.05, 0.1) is 5.52 Å². The molecule has 0 spiro atoms. The van der Waals surface area contributed by atoms with Crippen molar-refractivity contribution in [3.05, 3.63) is 36.0 Å². The molecule has 15 heavy (non-hydrogen) atoms. The normalized spacial score (nSPS) is 11.1. The predicted molar refractivity (Wildman–Crippen MR) is 61.7 cm³/mol. The van der Waals surface area contributed by atoms with Crippen molar-refractivity contribution in [2.24, 2.45) is 5.73 Å². The highest BCUT2D eigenvalue weighted by Crippen LogP contribution is 2.20. The first-order valence-corrected chi connectivity index (χ1v) is 5.12. The fraction of sp³-hybridized carbons (Fsp3) is 0.333. The summed E-state index contributed by atoms with van der Waals surface area (Å²) in [7, 11) is 1.71. The van der Waals surface area contributed by atoms with Crippen LogP contribution in [-0.2, 0) is 17.9 Å².